The van der Waals surface area contributed by atoms with E-state index >= 15 is 0 Å². The lowest BCUT2D eigenvalue weighted by Crippen LogP contribution is -2.39. The Morgan fingerprint density at radius 3 is 2.85 bits per heavy atom. The van der Waals surface area contributed by atoms with Gasteiger partial charge in [-0.1, -0.05) is 6.92 Å². The Labute approximate surface area is 79.3 Å². The van der Waals surface area contributed by atoms with Gasteiger partial charge in [-0.25, -0.2) is 0 Å². The van der Waals surface area contributed by atoms with E-state index in [2.05, 4.69) is 24.5 Å². The Bertz CT molecular complexity index is 229. The Morgan fingerprint density at radius 1 is 1.69 bits per heavy atom. The van der Waals surface area contributed by atoms with Gasteiger partial charge in [-0.3, -0.25) is 4.79 Å². The molecule has 1 saturated carbocycles. The zero-order chi connectivity index (χ0) is 9.47. The van der Waals surface area contributed by atoms with E-state index in [4.69, 9.17) is 0 Å². The summed E-state index contributed by atoms with van der Waals surface area (Å²) >= 11 is 0. The Kier molecular flexibility index (Phi) is 2.06. The maximum atomic E-state index is 11.5. The number of amides is 1. The van der Waals surface area contributed by atoms with Crippen molar-refractivity contribution in [3.63, 3.8) is 0 Å². The molecular formula is C10H18N2O. The highest BCUT2D eigenvalue weighted by Crippen LogP contribution is 2.31. The van der Waals surface area contributed by atoms with Gasteiger partial charge in [-0.05, 0) is 25.7 Å². The van der Waals surface area contributed by atoms with Crippen LogP contribution in [0.25, 0.3) is 0 Å². The number of carbonyl (C=O) groups is 1. The van der Waals surface area contributed by atoms with Crippen LogP contribution in [-0.2, 0) is 4.79 Å². The van der Waals surface area contributed by atoms with E-state index in [1.165, 1.54) is 6.42 Å². The lowest BCUT2D eigenvalue weighted by atomic mass is 9.89. The van der Waals surface area contributed by atoms with Crippen LogP contribution < -0.4 is 10.6 Å². The van der Waals surface area contributed by atoms with Crippen LogP contribution in [0.2, 0.25) is 0 Å². The molecule has 2 fully saturated rings. The third-order valence-corrected chi connectivity index (χ3v) is 3.37. The molecule has 1 heterocycles. The lowest BCUT2D eigenvalue weighted by Gasteiger charge is -2.20. The first kappa shape index (κ1) is 9.00. The summed E-state index contributed by atoms with van der Waals surface area (Å²) in [7, 11) is 0. The van der Waals surface area contributed by atoms with Crippen molar-refractivity contribution in [2.24, 2.45) is 11.3 Å². The molecule has 1 aliphatic heterocycles. The number of hydrogen-bond donors (Lipinski definition) is 2. The summed E-state index contributed by atoms with van der Waals surface area (Å²) in [4.78, 5) is 11.5. The van der Waals surface area contributed by atoms with Gasteiger partial charge in [0.2, 0.25) is 5.91 Å². The summed E-state index contributed by atoms with van der Waals surface area (Å²) in [6.45, 7) is 5.98. The summed E-state index contributed by atoms with van der Waals surface area (Å²) in [6.07, 6.45) is 2.25. The van der Waals surface area contributed by atoms with Gasteiger partial charge in [-0.15, -0.1) is 0 Å². The highest BCUT2D eigenvalue weighted by atomic mass is 16.2. The third-order valence-electron chi connectivity index (χ3n) is 3.37. The summed E-state index contributed by atoms with van der Waals surface area (Å²) < 4.78 is 0. The van der Waals surface area contributed by atoms with Gasteiger partial charge in [0.15, 0.2) is 0 Å². The lowest BCUT2D eigenvalue weighted by molar-refractivity contribution is -0.126. The molecule has 1 aliphatic carbocycles. The molecule has 2 rings (SSSR count). The average Bonchev–Trinajstić information content (AvgIpc) is 2.69. The molecular weight excluding hydrogens is 164 g/mol. The number of carbonyl (C=O) groups excluding carboxylic acids is 1. The van der Waals surface area contributed by atoms with Crippen molar-refractivity contribution in [1.29, 1.82) is 0 Å². The molecule has 0 spiro atoms. The SMILES string of the molecule is CC1CC1NCC1(C)CCNC1=O. The first-order chi connectivity index (χ1) is 6.12. The maximum absolute atomic E-state index is 11.5. The average molecular weight is 182 g/mol. The Morgan fingerprint density at radius 2 is 2.38 bits per heavy atom. The predicted octanol–water partition coefficient (Wildman–Crippen LogP) is 0.511. The van der Waals surface area contributed by atoms with Gasteiger partial charge < -0.3 is 10.6 Å². The highest BCUT2D eigenvalue weighted by molar-refractivity contribution is 5.84. The second-order valence-electron chi connectivity index (χ2n) is 4.77. The third kappa shape index (κ3) is 1.70. The fraction of sp³-hybridized carbons (Fsp3) is 0.900. The number of hydrogen-bond acceptors (Lipinski definition) is 2. The largest absolute Gasteiger partial charge is 0.356 e. The van der Waals surface area contributed by atoms with Crippen LogP contribution in [0.5, 0.6) is 0 Å². The van der Waals surface area contributed by atoms with Crippen LogP contribution in [0.4, 0.5) is 0 Å². The van der Waals surface area contributed by atoms with Crippen LogP contribution in [0.15, 0.2) is 0 Å². The molecule has 0 radical (unpaired) electrons. The molecule has 3 nitrogen and oxygen atoms in total. The van der Waals surface area contributed by atoms with Crippen molar-refractivity contribution in [3.05, 3.63) is 0 Å². The maximum Gasteiger partial charge on any atom is 0.227 e. The quantitative estimate of drug-likeness (QED) is 0.667. The topological polar surface area (TPSA) is 41.1 Å². The number of rotatable bonds is 3. The first-order valence-electron chi connectivity index (χ1n) is 5.13. The molecule has 0 bridgehead atoms. The molecule has 2 aliphatic rings. The van der Waals surface area contributed by atoms with E-state index in [0.717, 1.165) is 25.4 Å². The monoisotopic (exact) mass is 182 g/mol. The highest BCUT2D eigenvalue weighted by Gasteiger charge is 2.40. The molecule has 3 unspecified atom stereocenters. The Hall–Kier alpha value is -0.570. The van der Waals surface area contributed by atoms with Gasteiger partial charge >= 0.3 is 0 Å². The molecule has 1 saturated heterocycles. The molecule has 0 aromatic heterocycles. The molecule has 3 heteroatoms. The van der Waals surface area contributed by atoms with Crippen molar-refractivity contribution < 1.29 is 4.79 Å². The summed E-state index contributed by atoms with van der Waals surface area (Å²) in [6, 6.07) is 0.672. The molecule has 3 atom stereocenters. The van der Waals surface area contributed by atoms with Gasteiger partial charge in [-0.2, -0.15) is 0 Å². The molecule has 0 aromatic carbocycles. The van der Waals surface area contributed by atoms with Crippen LogP contribution in [0.3, 0.4) is 0 Å². The van der Waals surface area contributed by atoms with E-state index in [0.29, 0.717) is 6.04 Å². The van der Waals surface area contributed by atoms with Crippen molar-refractivity contribution in [1.82, 2.24) is 10.6 Å². The van der Waals surface area contributed by atoms with E-state index < -0.39 is 0 Å². The smallest absolute Gasteiger partial charge is 0.227 e. The van der Waals surface area contributed by atoms with E-state index in [1.54, 1.807) is 0 Å². The van der Waals surface area contributed by atoms with Crippen LogP contribution >= 0.6 is 0 Å². The minimum atomic E-state index is -0.150. The first-order valence-corrected chi connectivity index (χ1v) is 5.13. The minimum absolute atomic E-state index is 0.150. The fourth-order valence-corrected chi connectivity index (χ4v) is 1.91. The van der Waals surface area contributed by atoms with Crippen molar-refractivity contribution in [2.75, 3.05) is 13.1 Å². The van der Waals surface area contributed by atoms with E-state index in [1.807, 2.05) is 0 Å². The summed E-state index contributed by atoms with van der Waals surface area (Å²) in [5.41, 5.74) is -0.150. The van der Waals surface area contributed by atoms with Crippen molar-refractivity contribution in [3.8, 4) is 0 Å². The molecule has 2 N–H and O–H groups in total. The zero-order valence-electron chi connectivity index (χ0n) is 8.39. The second kappa shape index (κ2) is 2.98. The van der Waals surface area contributed by atoms with Gasteiger partial charge in [0.05, 0.1) is 5.41 Å². The van der Waals surface area contributed by atoms with Gasteiger partial charge in [0, 0.05) is 19.1 Å². The number of nitrogens with one attached hydrogen (secondary N) is 2. The molecule has 0 aromatic rings. The van der Waals surface area contributed by atoms with Crippen LogP contribution in [0.1, 0.15) is 26.7 Å². The fourth-order valence-electron chi connectivity index (χ4n) is 1.91. The summed E-state index contributed by atoms with van der Waals surface area (Å²) in [5.74, 6) is 1.03. The molecule has 13 heavy (non-hydrogen) atoms. The normalized spacial score (nSPS) is 43.4. The predicted molar refractivity (Wildman–Crippen MR) is 51.3 cm³/mol. The van der Waals surface area contributed by atoms with E-state index in [9.17, 15) is 4.79 Å². The second-order valence-corrected chi connectivity index (χ2v) is 4.77. The van der Waals surface area contributed by atoms with Crippen molar-refractivity contribution >= 4 is 5.91 Å². The molecule has 74 valence electrons. The van der Waals surface area contributed by atoms with E-state index in [-0.39, 0.29) is 11.3 Å². The van der Waals surface area contributed by atoms with Crippen LogP contribution in [0, 0.1) is 11.3 Å². The minimum Gasteiger partial charge on any atom is -0.356 e. The van der Waals surface area contributed by atoms with Crippen molar-refractivity contribution in [2.45, 2.75) is 32.7 Å². The van der Waals surface area contributed by atoms with Crippen LogP contribution in [-0.4, -0.2) is 25.0 Å². The van der Waals surface area contributed by atoms with Gasteiger partial charge in [0.1, 0.15) is 0 Å². The Balaban J connectivity index is 1.82. The molecule has 1 amide bonds. The van der Waals surface area contributed by atoms with Gasteiger partial charge in [0.25, 0.3) is 0 Å². The summed E-state index contributed by atoms with van der Waals surface area (Å²) in [5, 5.41) is 6.34. The standard InChI is InChI=1S/C10H18N2O/c1-7-5-8(7)12-6-10(2)3-4-11-9(10)13/h7-8,12H,3-6H2,1-2H3,(H,11,13). The zero-order valence-corrected chi connectivity index (χ0v) is 8.39.